The fraction of sp³-hybridized carbons (Fsp3) is 0.125. The molecule has 100 valence electrons. The van der Waals surface area contributed by atoms with Crippen LogP contribution in [0.3, 0.4) is 0 Å². The molecule has 3 aromatic rings. The van der Waals surface area contributed by atoms with Crippen LogP contribution in [-0.4, -0.2) is 9.97 Å². The molecule has 2 aromatic carbocycles. The average Bonchev–Trinajstić information content (AvgIpc) is 2.41. The Kier molecular flexibility index (Phi) is 3.56. The Labute approximate surface area is 131 Å². The molecular weight excluding hydrogens is 361 g/mol. The zero-order valence-corrected chi connectivity index (χ0v) is 13.5. The molecule has 0 radical (unpaired) electrons. The molecule has 0 saturated heterocycles. The van der Waals surface area contributed by atoms with Gasteiger partial charge in [-0.2, -0.15) is 0 Å². The van der Waals surface area contributed by atoms with Crippen LogP contribution in [0.25, 0.3) is 10.9 Å². The van der Waals surface area contributed by atoms with Gasteiger partial charge in [-0.15, -0.1) is 0 Å². The van der Waals surface area contributed by atoms with Crippen LogP contribution in [-0.2, 0) is 0 Å². The number of rotatable bonds is 2. The molecule has 3 rings (SSSR count). The van der Waals surface area contributed by atoms with Crippen molar-refractivity contribution in [2.45, 2.75) is 13.8 Å². The summed E-state index contributed by atoms with van der Waals surface area (Å²) >= 11 is 2.30. The van der Waals surface area contributed by atoms with Crippen molar-refractivity contribution in [3.05, 3.63) is 57.4 Å². The fourth-order valence-corrected chi connectivity index (χ4v) is 2.66. The zero-order valence-electron chi connectivity index (χ0n) is 11.3. The molecule has 0 spiro atoms. The lowest BCUT2D eigenvalue weighted by Gasteiger charge is -2.10. The first-order valence-corrected chi connectivity index (χ1v) is 7.46. The van der Waals surface area contributed by atoms with Gasteiger partial charge in [0.05, 0.1) is 5.52 Å². The minimum absolute atomic E-state index is 0.847. The summed E-state index contributed by atoms with van der Waals surface area (Å²) < 4.78 is 1.19. The van der Waals surface area contributed by atoms with Gasteiger partial charge in [-0.05, 0) is 77.9 Å². The van der Waals surface area contributed by atoms with Crippen LogP contribution in [0.2, 0.25) is 0 Å². The molecular formula is C16H14IN3. The summed E-state index contributed by atoms with van der Waals surface area (Å²) in [5, 5.41) is 4.43. The molecule has 4 heteroatoms. The topological polar surface area (TPSA) is 37.8 Å². The quantitative estimate of drug-likeness (QED) is 0.666. The lowest BCUT2D eigenvalue weighted by atomic mass is 10.1. The number of hydrogen-bond donors (Lipinski definition) is 1. The first-order valence-electron chi connectivity index (χ1n) is 6.38. The summed E-state index contributed by atoms with van der Waals surface area (Å²) in [7, 11) is 0. The van der Waals surface area contributed by atoms with Crippen LogP contribution in [0, 0.1) is 17.4 Å². The second-order valence-electron chi connectivity index (χ2n) is 4.81. The van der Waals surface area contributed by atoms with Crippen molar-refractivity contribution in [2.75, 3.05) is 5.32 Å². The third-order valence-corrected chi connectivity index (χ3v) is 4.01. The Morgan fingerprint density at radius 3 is 2.60 bits per heavy atom. The van der Waals surface area contributed by atoms with Crippen LogP contribution in [0.5, 0.6) is 0 Å². The normalized spacial score (nSPS) is 10.8. The van der Waals surface area contributed by atoms with Gasteiger partial charge in [0.25, 0.3) is 0 Å². The summed E-state index contributed by atoms with van der Waals surface area (Å²) in [5.74, 6) is 0.847. The molecule has 1 aromatic heterocycles. The number of halogens is 1. The van der Waals surface area contributed by atoms with Crippen molar-refractivity contribution in [1.29, 1.82) is 0 Å². The molecule has 0 amide bonds. The second kappa shape index (κ2) is 5.36. The Bertz CT molecular complexity index is 784. The average molecular weight is 375 g/mol. The van der Waals surface area contributed by atoms with E-state index in [1.807, 2.05) is 12.1 Å². The van der Waals surface area contributed by atoms with Gasteiger partial charge in [-0.3, -0.25) is 0 Å². The highest BCUT2D eigenvalue weighted by Crippen LogP contribution is 2.26. The molecule has 0 aliphatic rings. The predicted molar refractivity (Wildman–Crippen MR) is 91.5 cm³/mol. The third-order valence-electron chi connectivity index (χ3n) is 3.34. The SMILES string of the molecule is Cc1cc2ncnc(Nc3cccc(I)c3)c2cc1C. The molecule has 0 bridgehead atoms. The molecule has 0 atom stereocenters. The van der Waals surface area contributed by atoms with E-state index in [0.29, 0.717) is 0 Å². The summed E-state index contributed by atoms with van der Waals surface area (Å²) in [5.41, 5.74) is 4.50. The highest BCUT2D eigenvalue weighted by atomic mass is 127. The van der Waals surface area contributed by atoms with Crippen molar-refractivity contribution in [2.24, 2.45) is 0 Å². The Hall–Kier alpha value is -1.69. The molecule has 3 nitrogen and oxygen atoms in total. The Balaban J connectivity index is 2.09. The van der Waals surface area contributed by atoms with E-state index in [-0.39, 0.29) is 0 Å². The van der Waals surface area contributed by atoms with E-state index < -0.39 is 0 Å². The number of nitrogens with one attached hydrogen (secondary N) is 1. The maximum absolute atomic E-state index is 4.38. The standard InChI is InChI=1S/C16H14IN3/c1-10-6-14-15(7-11(10)2)18-9-19-16(14)20-13-5-3-4-12(17)8-13/h3-9H,1-2H3,(H,18,19,20). The lowest BCUT2D eigenvalue weighted by Crippen LogP contribution is -1.97. The number of nitrogens with zero attached hydrogens (tertiary/aromatic N) is 2. The highest BCUT2D eigenvalue weighted by molar-refractivity contribution is 14.1. The van der Waals surface area contributed by atoms with Crippen molar-refractivity contribution >= 4 is 45.0 Å². The molecule has 0 unspecified atom stereocenters. The van der Waals surface area contributed by atoms with Gasteiger partial charge < -0.3 is 5.32 Å². The van der Waals surface area contributed by atoms with E-state index >= 15 is 0 Å². The Morgan fingerprint density at radius 1 is 1.00 bits per heavy atom. The van der Waals surface area contributed by atoms with Gasteiger partial charge in [0, 0.05) is 14.6 Å². The minimum Gasteiger partial charge on any atom is -0.340 e. The number of fused-ring (bicyclic) bond motifs is 1. The summed E-state index contributed by atoms with van der Waals surface area (Å²) in [4.78, 5) is 8.73. The fourth-order valence-electron chi connectivity index (χ4n) is 2.12. The summed E-state index contributed by atoms with van der Waals surface area (Å²) in [6.45, 7) is 4.21. The van der Waals surface area contributed by atoms with Gasteiger partial charge in [-0.1, -0.05) is 6.07 Å². The van der Waals surface area contributed by atoms with Crippen molar-refractivity contribution in [3.63, 3.8) is 0 Å². The molecule has 0 aliphatic heterocycles. The van der Waals surface area contributed by atoms with Crippen LogP contribution >= 0.6 is 22.6 Å². The maximum Gasteiger partial charge on any atom is 0.141 e. The maximum atomic E-state index is 4.38. The molecule has 0 aliphatic carbocycles. The van der Waals surface area contributed by atoms with Crippen LogP contribution in [0.1, 0.15) is 11.1 Å². The van der Waals surface area contributed by atoms with E-state index in [9.17, 15) is 0 Å². The van der Waals surface area contributed by atoms with Gasteiger partial charge in [0.2, 0.25) is 0 Å². The number of anilines is 2. The van der Waals surface area contributed by atoms with Crippen molar-refractivity contribution < 1.29 is 0 Å². The van der Waals surface area contributed by atoms with Gasteiger partial charge >= 0.3 is 0 Å². The minimum atomic E-state index is 0.847. The second-order valence-corrected chi connectivity index (χ2v) is 6.06. The number of aromatic nitrogens is 2. The molecule has 0 fully saturated rings. The molecule has 1 N–H and O–H groups in total. The van der Waals surface area contributed by atoms with E-state index in [1.54, 1.807) is 6.33 Å². The number of hydrogen-bond acceptors (Lipinski definition) is 3. The highest BCUT2D eigenvalue weighted by Gasteiger charge is 2.06. The van der Waals surface area contributed by atoms with Gasteiger partial charge in [-0.25, -0.2) is 9.97 Å². The Morgan fingerprint density at radius 2 is 1.80 bits per heavy atom. The first kappa shape index (κ1) is 13.3. The van der Waals surface area contributed by atoms with E-state index in [4.69, 9.17) is 0 Å². The van der Waals surface area contributed by atoms with Gasteiger partial charge in [0.1, 0.15) is 12.1 Å². The van der Waals surface area contributed by atoms with E-state index in [0.717, 1.165) is 22.4 Å². The molecule has 20 heavy (non-hydrogen) atoms. The molecule has 1 heterocycles. The number of benzene rings is 2. The smallest absolute Gasteiger partial charge is 0.141 e. The molecule has 0 saturated carbocycles. The zero-order chi connectivity index (χ0) is 14.1. The monoisotopic (exact) mass is 375 g/mol. The van der Waals surface area contributed by atoms with Crippen LogP contribution < -0.4 is 5.32 Å². The lowest BCUT2D eigenvalue weighted by molar-refractivity contribution is 1.21. The van der Waals surface area contributed by atoms with Crippen molar-refractivity contribution in [3.8, 4) is 0 Å². The first-order chi connectivity index (χ1) is 9.63. The van der Waals surface area contributed by atoms with Crippen LogP contribution in [0.4, 0.5) is 11.5 Å². The number of aryl methyl sites for hydroxylation is 2. The predicted octanol–water partition coefficient (Wildman–Crippen LogP) is 4.59. The van der Waals surface area contributed by atoms with Crippen molar-refractivity contribution in [1.82, 2.24) is 9.97 Å². The summed E-state index contributed by atoms with van der Waals surface area (Å²) in [6, 6.07) is 12.5. The van der Waals surface area contributed by atoms with E-state index in [2.05, 4.69) is 76.0 Å². The van der Waals surface area contributed by atoms with E-state index in [1.165, 1.54) is 14.7 Å². The van der Waals surface area contributed by atoms with Crippen LogP contribution in [0.15, 0.2) is 42.7 Å². The van der Waals surface area contributed by atoms with Gasteiger partial charge in [0.15, 0.2) is 0 Å². The summed E-state index contributed by atoms with van der Waals surface area (Å²) in [6.07, 6.45) is 1.60. The third kappa shape index (κ3) is 2.60. The largest absolute Gasteiger partial charge is 0.340 e.